The van der Waals surface area contributed by atoms with Crippen LogP contribution in [0.3, 0.4) is 0 Å². The third-order valence-corrected chi connectivity index (χ3v) is 3.49. The molecule has 0 fully saturated rings. The molecule has 5 nitrogen and oxygen atoms in total. The fraction of sp³-hybridized carbons (Fsp3) is 0.500. The van der Waals surface area contributed by atoms with Crippen LogP contribution in [0.4, 0.5) is 5.82 Å². The second-order valence-electron chi connectivity index (χ2n) is 5.49. The third-order valence-electron chi connectivity index (χ3n) is 3.49. The Morgan fingerprint density at radius 2 is 2.00 bits per heavy atom. The van der Waals surface area contributed by atoms with Gasteiger partial charge in [0.25, 0.3) is 0 Å². The molecule has 5 heteroatoms. The molecule has 0 aliphatic rings. The first-order valence-electron chi connectivity index (χ1n) is 7.41. The Morgan fingerprint density at radius 1 is 1.24 bits per heavy atom. The highest BCUT2D eigenvalue weighted by atomic mass is 16.3. The molecule has 0 bridgehead atoms. The maximum atomic E-state index is 9.39. The van der Waals surface area contributed by atoms with Crippen LogP contribution in [0, 0.1) is 0 Å². The second-order valence-corrected chi connectivity index (χ2v) is 5.49. The van der Waals surface area contributed by atoms with Gasteiger partial charge in [0, 0.05) is 18.4 Å². The van der Waals surface area contributed by atoms with Crippen molar-refractivity contribution in [2.24, 2.45) is 0 Å². The number of rotatable bonds is 7. The van der Waals surface area contributed by atoms with Gasteiger partial charge in [-0.1, -0.05) is 19.1 Å². The molecule has 1 heterocycles. The van der Waals surface area contributed by atoms with Gasteiger partial charge in [0.15, 0.2) is 0 Å². The summed E-state index contributed by atoms with van der Waals surface area (Å²) < 4.78 is 0. The Labute approximate surface area is 126 Å². The average Bonchev–Trinajstić information content (AvgIpc) is 2.50. The summed E-state index contributed by atoms with van der Waals surface area (Å²) in [4.78, 5) is 11.4. The standard InChI is InChI=1S/C16H24N4O/c1-4-12(11-21)17-16-13-7-5-6-8-14(13)18-15(19-16)9-10-20(2)3/h5-8,12,21H,4,9-11H2,1-3H3,(H,17,18,19). The number of aromatic nitrogens is 2. The van der Waals surface area contributed by atoms with Gasteiger partial charge in [-0.25, -0.2) is 9.97 Å². The first-order chi connectivity index (χ1) is 10.1. The molecule has 0 saturated carbocycles. The Bertz CT molecular complexity index is 581. The highest BCUT2D eigenvalue weighted by Crippen LogP contribution is 2.21. The molecule has 114 valence electrons. The first-order valence-corrected chi connectivity index (χ1v) is 7.41. The molecule has 2 rings (SSSR count). The number of aliphatic hydroxyl groups excluding tert-OH is 1. The fourth-order valence-electron chi connectivity index (χ4n) is 2.14. The maximum Gasteiger partial charge on any atom is 0.137 e. The zero-order chi connectivity index (χ0) is 15.2. The molecule has 0 saturated heterocycles. The van der Waals surface area contributed by atoms with E-state index in [0.29, 0.717) is 0 Å². The Morgan fingerprint density at radius 3 is 2.67 bits per heavy atom. The zero-order valence-corrected chi connectivity index (χ0v) is 13.0. The smallest absolute Gasteiger partial charge is 0.137 e. The first kappa shape index (κ1) is 15.7. The van der Waals surface area contributed by atoms with Crippen LogP contribution in [-0.4, -0.2) is 53.3 Å². The largest absolute Gasteiger partial charge is 0.394 e. The molecule has 1 aromatic carbocycles. The van der Waals surface area contributed by atoms with Crippen molar-refractivity contribution in [1.82, 2.24) is 14.9 Å². The van der Waals surface area contributed by atoms with Gasteiger partial charge in [-0.05, 0) is 32.6 Å². The van der Waals surface area contributed by atoms with Gasteiger partial charge in [-0.15, -0.1) is 0 Å². The van der Waals surface area contributed by atoms with Gasteiger partial charge in [-0.3, -0.25) is 0 Å². The van der Waals surface area contributed by atoms with Crippen molar-refractivity contribution in [2.75, 3.05) is 32.6 Å². The number of nitrogens with zero attached hydrogens (tertiary/aromatic N) is 3. The van der Waals surface area contributed by atoms with Gasteiger partial charge < -0.3 is 15.3 Å². The Balaban J connectivity index is 2.35. The lowest BCUT2D eigenvalue weighted by atomic mass is 10.2. The van der Waals surface area contributed by atoms with E-state index in [2.05, 4.69) is 20.2 Å². The quantitative estimate of drug-likeness (QED) is 0.815. The fourth-order valence-corrected chi connectivity index (χ4v) is 2.14. The van der Waals surface area contributed by atoms with E-state index in [4.69, 9.17) is 0 Å². The van der Waals surface area contributed by atoms with Crippen molar-refractivity contribution in [2.45, 2.75) is 25.8 Å². The molecule has 21 heavy (non-hydrogen) atoms. The lowest BCUT2D eigenvalue weighted by molar-refractivity contribution is 0.271. The van der Waals surface area contributed by atoms with E-state index in [-0.39, 0.29) is 12.6 Å². The highest BCUT2D eigenvalue weighted by molar-refractivity contribution is 5.89. The van der Waals surface area contributed by atoms with Crippen LogP contribution >= 0.6 is 0 Å². The van der Waals surface area contributed by atoms with Crippen molar-refractivity contribution in [3.63, 3.8) is 0 Å². The van der Waals surface area contributed by atoms with Crippen LogP contribution in [0.2, 0.25) is 0 Å². The van der Waals surface area contributed by atoms with E-state index < -0.39 is 0 Å². The molecule has 2 N–H and O–H groups in total. The molecule has 0 aliphatic heterocycles. The molecule has 0 radical (unpaired) electrons. The molecule has 1 unspecified atom stereocenters. The monoisotopic (exact) mass is 288 g/mol. The summed E-state index contributed by atoms with van der Waals surface area (Å²) in [7, 11) is 4.08. The van der Waals surface area contributed by atoms with E-state index >= 15 is 0 Å². The van der Waals surface area contributed by atoms with E-state index in [9.17, 15) is 5.11 Å². The molecular weight excluding hydrogens is 264 g/mol. The lowest BCUT2D eigenvalue weighted by Gasteiger charge is -2.17. The van der Waals surface area contributed by atoms with Crippen LogP contribution in [0.1, 0.15) is 19.2 Å². The topological polar surface area (TPSA) is 61.3 Å². The minimum Gasteiger partial charge on any atom is -0.394 e. The van der Waals surface area contributed by atoms with Gasteiger partial charge in [0.2, 0.25) is 0 Å². The maximum absolute atomic E-state index is 9.39. The molecule has 0 spiro atoms. The lowest BCUT2D eigenvalue weighted by Crippen LogP contribution is -2.24. The number of fused-ring (bicyclic) bond motifs is 1. The summed E-state index contributed by atoms with van der Waals surface area (Å²) in [6.07, 6.45) is 1.66. The van der Waals surface area contributed by atoms with Crippen LogP contribution in [0.25, 0.3) is 10.9 Å². The Hall–Kier alpha value is -1.72. The molecule has 1 atom stereocenters. The number of hydrogen-bond donors (Lipinski definition) is 2. The molecule has 0 aliphatic carbocycles. The van der Waals surface area contributed by atoms with Gasteiger partial charge >= 0.3 is 0 Å². The predicted octanol–water partition coefficient (Wildman–Crippen LogP) is 1.92. The van der Waals surface area contributed by atoms with Crippen molar-refractivity contribution in [3.8, 4) is 0 Å². The minimum absolute atomic E-state index is 0.0185. The predicted molar refractivity (Wildman–Crippen MR) is 86.6 cm³/mol. The number of para-hydroxylation sites is 1. The zero-order valence-electron chi connectivity index (χ0n) is 13.0. The highest BCUT2D eigenvalue weighted by Gasteiger charge is 2.11. The molecule has 0 amide bonds. The summed E-state index contributed by atoms with van der Waals surface area (Å²) in [6.45, 7) is 3.06. The number of anilines is 1. The number of hydrogen-bond acceptors (Lipinski definition) is 5. The third kappa shape index (κ3) is 4.12. The number of aliphatic hydroxyl groups is 1. The average molecular weight is 288 g/mol. The summed E-state index contributed by atoms with van der Waals surface area (Å²) in [6, 6.07) is 8.00. The van der Waals surface area contributed by atoms with Crippen molar-refractivity contribution in [3.05, 3.63) is 30.1 Å². The summed E-state index contributed by atoms with van der Waals surface area (Å²) in [5, 5.41) is 13.7. The van der Waals surface area contributed by atoms with Crippen molar-refractivity contribution in [1.29, 1.82) is 0 Å². The van der Waals surface area contributed by atoms with Gasteiger partial charge in [0.1, 0.15) is 11.6 Å². The molecule has 2 aromatic rings. The SMILES string of the molecule is CCC(CO)Nc1nc(CCN(C)C)nc2ccccc12. The normalized spacial score (nSPS) is 12.8. The van der Waals surface area contributed by atoms with E-state index in [1.54, 1.807) is 0 Å². The van der Waals surface area contributed by atoms with Crippen LogP contribution < -0.4 is 5.32 Å². The van der Waals surface area contributed by atoms with E-state index in [1.807, 2.05) is 45.3 Å². The van der Waals surface area contributed by atoms with Crippen molar-refractivity contribution < 1.29 is 5.11 Å². The number of nitrogens with one attached hydrogen (secondary N) is 1. The summed E-state index contributed by atoms with van der Waals surface area (Å²) in [5.41, 5.74) is 0.941. The summed E-state index contributed by atoms with van der Waals surface area (Å²) in [5.74, 6) is 1.65. The van der Waals surface area contributed by atoms with E-state index in [0.717, 1.165) is 41.9 Å². The van der Waals surface area contributed by atoms with Crippen LogP contribution in [-0.2, 0) is 6.42 Å². The molecule has 1 aromatic heterocycles. The van der Waals surface area contributed by atoms with Crippen LogP contribution in [0.15, 0.2) is 24.3 Å². The van der Waals surface area contributed by atoms with Crippen LogP contribution in [0.5, 0.6) is 0 Å². The molecular formula is C16H24N4O. The minimum atomic E-state index is 0.0185. The number of likely N-dealkylation sites (N-methyl/N-ethyl adjacent to an activating group) is 1. The van der Waals surface area contributed by atoms with Gasteiger partial charge in [0.05, 0.1) is 18.2 Å². The summed E-state index contributed by atoms with van der Waals surface area (Å²) >= 11 is 0. The number of benzene rings is 1. The Kier molecular flexibility index (Phi) is 5.47. The van der Waals surface area contributed by atoms with E-state index in [1.165, 1.54) is 0 Å². The van der Waals surface area contributed by atoms with Gasteiger partial charge in [-0.2, -0.15) is 0 Å². The van der Waals surface area contributed by atoms with Crippen molar-refractivity contribution >= 4 is 16.7 Å². The second kappa shape index (κ2) is 7.33.